The molecule has 1 heterocycles. The number of ether oxygens (including phenoxy) is 1. The Morgan fingerprint density at radius 2 is 2.20 bits per heavy atom. The van der Waals surface area contributed by atoms with Gasteiger partial charge in [0, 0.05) is 6.07 Å². The van der Waals surface area contributed by atoms with E-state index in [9.17, 15) is 9.50 Å². The smallest absolute Gasteiger partial charge is 0.184 e. The fraction of sp³-hybridized carbons (Fsp3) is 0.500. The number of benzene rings is 1. The van der Waals surface area contributed by atoms with Gasteiger partial charge in [0.1, 0.15) is 11.3 Å². The van der Waals surface area contributed by atoms with Crippen molar-refractivity contribution in [2.24, 2.45) is 0 Å². The topological polar surface area (TPSA) is 54.4 Å². The number of nitrogens with one attached hydrogen (secondary N) is 1. The van der Waals surface area contributed by atoms with Gasteiger partial charge in [0.25, 0.3) is 0 Å². The van der Waals surface area contributed by atoms with Gasteiger partial charge in [0.05, 0.1) is 24.0 Å². The van der Waals surface area contributed by atoms with Gasteiger partial charge in [0.15, 0.2) is 10.9 Å². The van der Waals surface area contributed by atoms with Crippen LogP contribution in [0.1, 0.15) is 25.7 Å². The third-order valence-corrected chi connectivity index (χ3v) is 4.63. The molecule has 6 heteroatoms. The van der Waals surface area contributed by atoms with Gasteiger partial charge in [-0.2, -0.15) is 0 Å². The number of hydrogen-bond donors (Lipinski definition) is 2. The minimum atomic E-state index is -0.382. The summed E-state index contributed by atoms with van der Waals surface area (Å²) in [5.41, 5.74) is 0.351. The molecule has 1 saturated carbocycles. The molecule has 1 aromatic carbocycles. The quantitative estimate of drug-likeness (QED) is 0.913. The van der Waals surface area contributed by atoms with Crippen molar-refractivity contribution in [3.63, 3.8) is 0 Å². The predicted molar refractivity (Wildman–Crippen MR) is 78.0 cm³/mol. The molecule has 0 aliphatic heterocycles. The summed E-state index contributed by atoms with van der Waals surface area (Å²) in [6.07, 6.45) is 3.54. The zero-order chi connectivity index (χ0) is 14.1. The summed E-state index contributed by atoms with van der Waals surface area (Å²) in [6, 6.07) is 3.12. The summed E-state index contributed by atoms with van der Waals surface area (Å²) in [7, 11) is 1.51. The molecule has 4 nitrogen and oxygen atoms in total. The molecule has 1 aromatic heterocycles. The van der Waals surface area contributed by atoms with Crippen LogP contribution in [0.3, 0.4) is 0 Å². The number of halogens is 1. The molecule has 0 unspecified atom stereocenters. The van der Waals surface area contributed by atoms with E-state index in [1.54, 1.807) is 6.07 Å². The van der Waals surface area contributed by atoms with Crippen LogP contribution in [0.2, 0.25) is 0 Å². The van der Waals surface area contributed by atoms with E-state index in [2.05, 4.69) is 10.3 Å². The maximum absolute atomic E-state index is 13.9. The van der Waals surface area contributed by atoms with Gasteiger partial charge in [-0.25, -0.2) is 9.37 Å². The molecule has 3 rings (SSSR count). The Labute approximate surface area is 120 Å². The average Bonchev–Trinajstić information content (AvgIpc) is 2.84. The SMILES string of the molecule is COc1cc(F)c2nc(N[C@H]3CCCC[C@@H]3O)sc2c1. The van der Waals surface area contributed by atoms with E-state index in [1.165, 1.54) is 24.5 Å². The minimum absolute atomic E-state index is 0.00858. The first-order valence-electron chi connectivity index (χ1n) is 6.76. The van der Waals surface area contributed by atoms with Gasteiger partial charge in [-0.05, 0) is 18.9 Å². The minimum Gasteiger partial charge on any atom is -0.497 e. The molecule has 2 aromatic rings. The molecule has 0 radical (unpaired) electrons. The first-order valence-corrected chi connectivity index (χ1v) is 7.57. The van der Waals surface area contributed by atoms with Crippen LogP contribution >= 0.6 is 11.3 Å². The summed E-state index contributed by atoms with van der Waals surface area (Å²) in [4.78, 5) is 4.28. The van der Waals surface area contributed by atoms with Gasteiger partial charge in [-0.3, -0.25) is 0 Å². The van der Waals surface area contributed by atoms with Crippen LogP contribution in [0.5, 0.6) is 5.75 Å². The molecule has 1 aliphatic rings. The fourth-order valence-corrected chi connectivity index (χ4v) is 3.55. The van der Waals surface area contributed by atoms with Crippen LogP contribution in [0.25, 0.3) is 10.2 Å². The van der Waals surface area contributed by atoms with Crippen molar-refractivity contribution in [2.45, 2.75) is 37.8 Å². The number of rotatable bonds is 3. The number of hydrogen-bond acceptors (Lipinski definition) is 5. The number of aromatic nitrogens is 1. The molecule has 0 saturated heterocycles. The Kier molecular flexibility index (Phi) is 3.76. The summed E-state index contributed by atoms with van der Waals surface area (Å²) < 4.78 is 19.7. The number of anilines is 1. The standard InChI is InChI=1S/C14H17FN2O2S/c1-19-8-6-9(15)13-12(7-8)20-14(17-13)16-10-4-2-3-5-11(10)18/h6-7,10-11,18H,2-5H2,1H3,(H,16,17)/t10-,11-/m0/s1. The first-order chi connectivity index (χ1) is 9.67. The van der Waals surface area contributed by atoms with E-state index >= 15 is 0 Å². The molecule has 20 heavy (non-hydrogen) atoms. The molecule has 0 spiro atoms. The van der Waals surface area contributed by atoms with Crippen molar-refractivity contribution in [3.05, 3.63) is 17.9 Å². The highest BCUT2D eigenvalue weighted by molar-refractivity contribution is 7.22. The van der Waals surface area contributed by atoms with Crippen molar-refractivity contribution >= 4 is 26.7 Å². The van der Waals surface area contributed by atoms with Crippen molar-refractivity contribution in [1.82, 2.24) is 4.98 Å². The molecular weight excluding hydrogens is 279 g/mol. The van der Waals surface area contributed by atoms with Gasteiger partial charge >= 0.3 is 0 Å². The Morgan fingerprint density at radius 3 is 2.95 bits per heavy atom. The summed E-state index contributed by atoms with van der Waals surface area (Å²) in [5, 5.41) is 13.8. The van der Waals surface area contributed by atoms with Crippen LogP contribution in [0.15, 0.2) is 12.1 Å². The summed E-state index contributed by atoms with van der Waals surface area (Å²) in [6.45, 7) is 0. The summed E-state index contributed by atoms with van der Waals surface area (Å²) in [5.74, 6) is 0.107. The van der Waals surface area contributed by atoms with Crippen molar-refractivity contribution in [2.75, 3.05) is 12.4 Å². The largest absolute Gasteiger partial charge is 0.497 e. The van der Waals surface area contributed by atoms with Gasteiger partial charge in [-0.1, -0.05) is 24.2 Å². The molecule has 0 amide bonds. The monoisotopic (exact) mass is 296 g/mol. The molecule has 1 fully saturated rings. The van der Waals surface area contributed by atoms with Crippen LogP contribution in [-0.2, 0) is 0 Å². The van der Waals surface area contributed by atoms with E-state index in [-0.39, 0.29) is 18.0 Å². The number of aliphatic hydroxyl groups excluding tert-OH is 1. The van der Waals surface area contributed by atoms with Gasteiger partial charge < -0.3 is 15.2 Å². The third-order valence-electron chi connectivity index (χ3n) is 3.70. The van der Waals surface area contributed by atoms with E-state index in [0.717, 1.165) is 30.4 Å². The number of fused-ring (bicyclic) bond motifs is 1. The summed E-state index contributed by atoms with van der Waals surface area (Å²) >= 11 is 1.38. The molecule has 2 N–H and O–H groups in total. The fourth-order valence-electron chi connectivity index (χ4n) is 2.58. The lowest BCUT2D eigenvalue weighted by molar-refractivity contribution is 0.116. The zero-order valence-electron chi connectivity index (χ0n) is 11.2. The van der Waals surface area contributed by atoms with Crippen LogP contribution in [0.4, 0.5) is 9.52 Å². The van der Waals surface area contributed by atoms with Crippen molar-refractivity contribution in [3.8, 4) is 5.75 Å². The Morgan fingerprint density at radius 1 is 1.40 bits per heavy atom. The lowest BCUT2D eigenvalue weighted by Gasteiger charge is -2.27. The highest BCUT2D eigenvalue weighted by Gasteiger charge is 2.24. The number of methoxy groups -OCH3 is 1. The third kappa shape index (κ3) is 2.58. The second kappa shape index (κ2) is 5.54. The Hall–Kier alpha value is -1.40. The highest BCUT2D eigenvalue weighted by atomic mass is 32.1. The molecule has 0 bridgehead atoms. The van der Waals surface area contributed by atoms with Crippen molar-refractivity contribution < 1.29 is 14.2 Å². The zero-order valence-corrected chi connectivity index (χ0v) is 12.0. The van der Waals surface area contributed by atoms with E-state index in [0.29, 0.717) is 16.4 Å². The molecular formula is C14H17FN2O2S. The number of nitrogens with zero attached hydrogens (tertiary/aromatic N) is 1. The number of aliphatic hydroxyl groups is 1. The normalized spacial score (nSPS) is 22.9. The maximum atomic E-state index is 13.9. The second-order valence-electron chi connectivity index (χ2n) is 5.08. The van der Waals surface area contributed by atoms with Crippen LogP contribution < -0.4 is 10.1 Å². The Balaban J connectivity index is 1.87. The first kappa shape index (κ1) is 13.6. The van der Waals surface area contributed by atoms with Crippen LogP contribution in [0, 0.1) is 5.82 Å². The molecule has 108 valence electrons. The van der Waals surface area contributed by atoms with Gasteiger partial charge in [0.2, 0.25) is 0 Å². The lowest BCUT2D eigenvalue weighted by atomic mass is 9.93. The number of thiazole rings is 1. The van der Waals surface area contributed by atoms with Crippen molar-refractivity contribution in [1.29, 1.82) is 0 Å². The molecule has 1 aliphatic carbocycles. The predicted octanol–water partition coefficient (Wildman–Crippen LogP) is 3.16. The van der Waals surface area contributed by atoms with E-state index in [4.69, 9.17) is 4.74 Å². The van der Waals surface area contributed by atoms with Gasteiger partial charge in [-0.15, -0.1) is 0 Å². The average molecular weight is 296 g/mol. The van der Waals surface area contributed by atoms with Crippen LogP contribution in [-0.4, -0.2) is 29.3 Å². The lowest BCUT2D eigenvalue weighted by Crippen LogP contribution is -2.36. The van der Waals surface area contributed by atoms with E-state index < -0.39 is 0 Å². The van der Waals surface area contributed by atoms with E-state index in [1.807, 2.05) is 0 Å². The molecule has 2 atom stereocenters. The highest BCUT2D eigenvalue weighted by Crippen LogP contribution is 2.33. The Bertz CT molecular complexity index is 616. The maximum Gasteiger partial charge on any atom is 0.184 e. The second-order valence-corrected chi connectivity index (χ2v) is 6.11.